The number of carboxylic acids is 1. The second kappa shape index (κ2) is 9.88. The minimum absolute atomic E-state index is 0.0221. The van der Waals surface area contributed by atoms with Crippen molar-refractivity contribution < 1.29 is 28.7 Å². The molecule has 11 heteroatoms. The lowest BCUT2D eigenvalue weighted by atomic mass is 10.0. The van der Waals surface area contributed by atoms with Gasteiger partial charge >= 0.3 is 11.9 Å². The second-order valence-electron chi connectivity index (χ2n) is 6.51. The predicted octanol–water partition coefficient (Wildman–Crippen LogP) is 3.38. The second-order valence-corrected chi connectivity index (χ2v) is 7.33. The highest BCUT2D eigenvalue weighted by Gasteiger charge is 2.22. The lowest BCUT2D eigenvalue weighted by Gasteiger charge is -2.24. The first-order valence-electron chi connectivity index (χ1n) is 8.86. The van der Waals surface area contributed by atoms with Crippen molar-refractivity contribution >= 4 is 35.1 Å². The fourth-order valence-electron chi connectivity index (χ4n) is 2.72. The number of aliphatic hydroxyl groups excluding tert-OH is 1. The third-order valence-corrected chi connectivity index (χ3v) is 4.62. The number of rotatable bonds is 8. The Labute approximate surface area is 185 Å². The number of aliphatic hydroxyl groups is 1. The van der Waals surface area contributed by atoms with Crippen LogP contribution in [0.15, 0.2) is 53.1 Å². The van der Waals surface area contributed by atoms with Gasteiger partial charge in [0, 0.05) is 23.2 Å². The summed E-state index contributed by atoms with van der Waals surface area (Å²) >= 11 is 11.6. The number of carbonyl (C=O) groups excluding carboxylic acids is 1. The molecule has 162 valence electrons. The van der Waals surface area contributed by atoms with Gasteiger partial charge in [-0.05, 0) is 29.3 Å². The maximum Gasteiger partial charge on any atom is 0.333 e. The van der Waals surface area contributed by atoms with Gasteiger partial charge < -0.3 is 14.7 Å². The summed E-state index contributed by atoms with van der Waals surface area (Å²) in [5.74, 6) is -2.80. The molecule has 0 fully saturated rings. The van der Waals surface area contributed by atoms with Crippen LogP contribution in [0.3, 0.4) is 0 Å². The molecule has 3 rings (SSSR count). The van der Waals surface area contributed by atoms with Gasteiger partial charge in [0.2, 0.25) is 5.76 Å². The molecular weight excluding hydrogens is 452 g/mol. The lowest BCUT2D eigenvalue weighted by Crippen LogP contribution is -2.47. The summed E-state index contributed by atoms with van der Waals surface area (Å²) < 4.78 is 18.8. The van der Waals surface area contributed by atoms with Gasteiger partial charge in [0.25, 0.3) is 0 Å². The molecule has 8 nitrogen and oxygen atoms in total. The molecule has 3 N–H and O–H groups in total. The maximum atomic E-state index is 14.1. The highest BCUT2D eigenvalue weighted by Crippen LogP contribution is 2.26. The zero-order chi connectivity index (χ0) is 22.5. The van der Waals surface area contributed by atoms with Crippen molar-refractivity contribution in [3.8, 4) is 11.1 Å². The summed E-state index contributed by atoms with van der Waals surface area (Å²) in [6, 6.07) is 12.1. The molecule has 0 aliphatic heterocycles. The van der Waals surface area contributed by atoms with Crippen molar-refractivity contribution in [3.05, 3.63) is 75.8 Å². The van der Waals surface area contributed by atoms with Gasteiger partial charge in [-0.1, -0.05) is 52.6 Å². The van der Waals surface area contributed by atoms with Crippen LogP contribution in [-0.4, -0.2) is 44.9 Å². The molecule has 0 bridgehead atoms. The number of amides is 1. The van der Waals surface area contributed by atoms with Gasteiger partial charge in [-0.3, -0.25) is 10.2 Å². The first-order chi connectivity index (χ1) is 14.7. The number of hydrogen-bond donors (Lipinski definition) is 3. The molecule has 0 saturated carbocycles. The van der Waals surface area contributed by atoms with Crippen molar-refractivity contribution in [2.45, 2.75) is 12.6 Å². The van der Waals surface area contributed by atoms with Gasteiger partial charge in [0.15, 0.2) is 11.3 Å². The largest absolute Gasteiger partial charge is 0.479 e. The SMILES string of the molecule is O=C(NN(Cc1ccc(-c2cc(Cl)ccc2F)cc1)C[C@@H](O)C(=O)O)c1cc(Cl)no1. The zero-order valence-electron chi connectivity index (χ0n) is 15.8. The fraction of sp³-hybridized carbons (Fsp3) is 0.150. The van der Waals surface area contributed by atoms with E-state index < -0.39 is 30.3 Å². The number of nitrogens with one attached hydrogen (secondary N) is 1. The Bertz CT molecular complexity index is 1090. The number of aromatic nitrogens is 1. The Morgan fingerprint density at radius 2 is 1.87 bits per heavy atom. The van der Waals surface area contributed by atoms with E-state index in [9.17, 15) is 19.1 Å². The molecule has 0 unspecified atom stereocenters. The Kier molecular flexibility index (Phi) is 7.24. The summed E-state index contributed by atoms with van der Waals surface area (Å²) in [6.45, 7) is -0.371. The number of hydrazine groups is 1. The van der Waals surface area contributed by atoms with Crippen molar-refractivity contribution in [2.75, 3.05) is 6.54 Å². The van der Waals surface area contributed by atoms with E-state index in [0.717, 1.165) is 0 Å². The number of carbonyl (C=O) groups is 2. The van der Waals surface area contributed by atoms with E-state index in [0.29, 0.717) is 21.7 Å². The first-order valence-corrected chi connectivity index (χ1v) is 9.62. The number of halogens is 3. The van der Waals surface area contributed by atoms with Crippen LogP contribution in [0.2, 0.25) is 10.2 Å². The average molecular weight is 468 g/mol. The summed E-state index contributed by atoms with van der Waals surface area (Å²) in [7, 11) is 0. The fourth-order valence-corrected chi connectivity index (χ4v) is 3.03. The van der Waals surface area contributed by atoms with E-state index in [1.807, 2.05) is 0 Å². The van der Waals surface area contributed by atoms with Crippen LogP contribution in [0.4, 0.5) is 4.39 Å². The number of nitrogens with zero attached hydrogens (tertiary/aromatic N) is 2. The molecule has 0 aliphatic rings. The van der Waals surface area contributed by atoms with Crippen LogP contribution in [0, 0.1) is 5.82 Å². The van der Waals surface area contributed by atoms with Crippen LogP contribution in [0.5, 0.6) is 0 Å². The van der Waals surface area contributed by atoms with Crippen LogP contribution < -0.4 is 5.43 Å². The van der Waals surface area contributed by atoms with Gasteiger partial charge in [-0.2, -0.15) is 0 Å². The minimum atomic E-state index is -1.75. The Morgan fingerprint density at radius 1 is 1.16 bits per heavy atom. The lowest BCUT2D eigenvalue weighted by molar-refractivity contribution is -0.148. The summed E-state index contributed by atoms with van der Waals surface area (Å²) in [5.41, 5.74) is 4.01. The Morgan fingerprint density at radius 3 is 2.48 bits per heavy atom. The molecule has 1 heterocycles. The van der Waals surface area contributed by atoms with Gasteiger partial charge in [-0.25, -0.2) is 14.2 Å². The normalized spacial score (nSPS) is 12.0. The summed E-state index contributed by atoms with van der Waals surface area (Å²) in [6.07, 6.45) is -1.75. The van der Waals surface area contributed by atoms with Gasteiger partial charge in [0.05, 0.1) is 6.54 Å². The zero-order valence-corrected chi connectivity index (χ0v) is 17.3. The molecular formula is C20H16Cl2FN3O5. The van der Waals surface area contributed by atoms with Crippen molar-refractivity contribution in [3.63, 3.8) is 0 Å². The molecule has 0 saturated heterocycles. The topological polar surface area (TPSA) is 116 Å². The predicted molar refractivity (Wildman–Crippen MR) is 110 cm³/mol. The van der Waals surface area contributed by atoms with Gasteiger partial charge in [0.1, 0.15) is 5.82 Å². The number of aliphatic carboxylic acids is 1. The molecule has 0 radical (unpaired) electrons. The molecule has 3 aromatic rings. The Hall–Kier alpha value is -2.98. The number of hydrogen-bond acceptors (Lipinski definition) is 6. The van der Waals surface area contributed by atoms with E-state index in [4.69, 9.17) is 32.8 Å². The van der Waals surface area contributed by atoms with E-state index in [2.05, 4.69) is 10.6 Å². The molecule has 1 atom stereocenters. The number of carboxylic acid groups (broad SMARTS) is 1. The summed E-state index contributed by atoms with van der Waals surface area (Å²) in [4.78, 5) is 23.3. The number of benzene rings is 2. The first kappa shape index (κ1) is 22.7. The molecule has 0 aliphatic carbocycles. The molecule has 31 heavy (non-hydrogen) atoms. The van der Waals surface area contributed by atoms with Crippen LogP contribution >= 0.6 is 23.2 Å². The average Bonchev–Trinajstić information content (AvgIpc) is 3.17. The highest BCUT2D eigenvalue weighted by molar-refractivity contribution is 6.30. The molecule has 1 aromatic heterocycles. The molecule has 2 aromatic carbocycles. The third kappa shape index (κ3) is 6.02. The molecule has 0 spiro atoms. The monoisotopic (exact) mass is 467 g/mol. The highest BCUT2D eigenvalue weighted by atomic mass is 35.5. The van der Waals surface area contributed by atoms with Crippen LogP contribution in [0.1, 0.15) is 16.1 Å². The third-order valence-electron chi connectivity index (χ3n) is 4.21. The van der Waals surface area contributed by atoms with E-state index in [1.165, 1.54) is 29.3 Å². The van der Waals surface area contributed by atoms with Crippen LogP contribution in [-0.2, 0) is 11.3 Å². The van der Waals surface area contributed by atoms with E-state index in [1.54, 1.807) is 24.3 Å². The minimum Gasteiger partial charge on any atom is -0.479 e. The summed E-state index contributed by atoms with van der Waals surface area (Å²) in [5, 5.41) is 23.7. The van der Waals surface area contributed by atoms with E-state index >= 15 is 0 Å². The van der Waals surface area contributed by atoms with Gasteiger partial charge in [-0.15, -0.1) is 0 Å². The van der Waals surface area contributed by atoms with Crippen molar-refractivity contribution in [2.24, 2.45) is 0 Å². The Balaban J connectivity index is 1.77. The standard InChI is InChI=1S/C20H16Cl2FN3O5/c21-13-5-6-15(23)14(7-13)12-3-1-11(2-4-12)9-26(10-16(27)20(29)30)24-19(28)17-8-18(22)25-31-17/h1-8,16,27H,9-10H2,(H,24,28)(H,29,30)/t16-/m1/s1. The van der Waals surface area contributed by atoms with Crippen molar-refractivity contribution in [1.82, 2.24) is 15.6 Å². The van der Waals surface area contributed by atoms with Crippen molar-refractivity contribution in [1.29, 1.82) is 0 Å². The smallest absolute Gasteiger partial charge is 0.333 e. The van der Waals surface area contributed by atoms with E-state index in [-0.39, 0.29) is 17.5 Å². The molecule has 1 amide bonds. The van der Waals surface area contributed by atoms with Crippen LogP contribution in [0.25, 0.3) is 11.1 Å². The maximum absolute atomic E-state index is 14.1. The quantitative estimate of drug-likeness (QED) is 0.434.